The first-order chi connectivity index (χ1) is 7.46. The van der Waals surface area contributed by atoms with Crippen LogP contribution < -0.4 is 5.32 Å². The molecule has 1 heterocycles. The first-order valence-corrected chi connectivity index (χ1v) is 6.06. The van der Waals surface area contributed by atoms with E-state index < -0.39 is 5.54 Å². The molecule has 2 amide bonds. The van der Waals surface area contributed by atoms with Gasteiger partial charge in [-0.1, -0.05) is 13.8 Å². The fraction of sp³-hybridized carbons (Fsp3) is 0.833. The van der Waals surface area contributed by atoms with E-state index in [0.29, 0.717) is 18.3 Å². The van der Waals surface area contributed by atoms with E-state index in [1.54, 1.807) is 4.90 Å². The minimum absolute atomic E-state index is 0.0303. The molecule has 0 radical (unpaired) electrons. The molecule has 1 N–H and O–H groups in total. The Bertz CT molecular complexity index is 329. The standard InChI is InChI=1S/C12H20N2O2/c1-4-12(3)11(16)14(7-10(15)13-12)6-9-5-8(9)2/h8-9H,4-7H2,1-3H3,(H,13,15). The second-order valence-corrected chi connectivity index (χ2v) is 5.39. The molecule has 1 saturated carbocycles. The van der Waals surface area contributed by atoms with Gasteiger partial charge in [-0.3, -0.25) is 9.59 Å². The van der Waals surface area contributed by atoms with Gasteiger partial charge in [0.2, 0.25) is 11.8 Å². The molecule has 90 valence electrons. The van der Waals surface area contributed by atoms with Crippen molar-refractivity contribution in [3.8, 4) is 0 Å². The molecule has 2 aliphatic rings. The Morgan fingerprint density at radius 3 is 2.62 bits per heavy atom. The Labute approximate surface area is 96.4 Å². The van der Waals surface area contributed by atoms with Crippen molar-refractivity contribution in [3.05, 3.63) is 0 Å². The van der Waals surface area contributed by atoms with E-state index in [2.05, 4.69) is 12.2 Å². The summed E-state index contributed by atoms with van der Waals surface area (Å²) < 4.78 is 0. The van der Waals surface area contributed by atoms with E-state index in [9.17, 15) is 9.59 Å². The zero-order valence-electron chi connectivity index (χ0n) is 10.2. The highest BCUT2D eigenvalue weighted by Gasteiger charge is 2.44. The highest BCUT2D eigenvalue weighted by Crippen LogP contribution is 2.38. The van der Waals surface area contributed by atoms with Gasteiger partial charge in [-0.15, -0.1) is 0 Å². The Morgan fingerprint density at radius 2 is 2.12 bits per heavy atom. The molecule has 1 aliphatic carbocycles. The van der Waals surface area contributed by atoms with Gasteiger partial charge < -0.3 is 10.2 Å². The van der Waals surface area contributed by atoms with Crippen LogP contribution in [-0.4, -0.2) is 35.3 Å². The number of rotatable bonds is 3. The van der Waals surface area contributed by atoms with Crippen LogP contribution in [0, 0.1) is 11.8 Å². The highest BCUT2D eigenvalue weighted by molar-refractivity contribution is 5.97. The van der Waals surface area contributed by atoms with Crippen LogP contribution in [0.5, 0.6) is 0 Å². The Hall–Kier alpha value is -1.06. The maximum atomic E-state index is 12.2. The minimum atomic E-state index is -0.687. The molecule has 3 atom stereocenters. The van der Waals surface area contributed by atoms with Crippen LogP contribution in [0.3, 0.4) is 0 Å². The van der Waals surface area contributed by atoms with Crippen LogP contribution in [-0.2, 0) is 9.59 Å². The molecule has 0 aromatic rings. The van der Waals surface area contributed by atoms with Gasteiger partial charge in [0.25, 0.3) is 0 Å². The lowest BCUT2D eigenvalue weighted by Gasteiger charge is -2.39. The number of amides is 2. The van der Waals surface area contributed by atoms with Crippen molar-refractivity contribution < 1.29 is 9.59 Å². The third-order valence-corrected chi connectivity index (χ3v) is 3.95. The molecular weight excluding hydrogens is 204 g/mol. The van der Waals surface area contributed by atoms with Crippen LogP contribution in [0.15, 0.2) is 0 Å². The molecular formula is C12H20N2O2. The van der Waals surface area contributed by atoms with Crippen LogP contribution in [0.25, 0.3) is 0 Å². The van der Waals surface area contributed by atoms with Gasteiger partial charge in [-0.05, 0) is 31.6 Å². The first-order valence-electron chi connectivity index (χ1n) is 6.06. The lowest BCUT2D eigenvalue weighted by atomic mass is 9.94. The smallest absolute Gasteiger partial charge is 0.248 e. The molecule has 2 fully saturated rings. The lowest BCUT2D eigenvalue weighted by Crippen LogP contribution is -2.65. The Kier molecular flexibility index (Phi) is 2.68. The van der Waals surface area contributed by atoms with Gasteiger partial charge in [-0.2, -0.15) is 0 Å². The maximum Gasteiger partial charge on any atom is 0.248 e. The molecule has 4 heteroatoms. The normalized spacial score (nSPS) is 38.6. The third-order valence-electron chi connectivity index (χ3n) is 3.95. The number of hydrogen-bond acceptors (Lipinski definition) is 2. The average Bonchev–Trinajstić information content (AvgIpc) is 2.90. The molecule has 1 saturated heterocycles. The SMILES string of the molecule is CCC1(C)NC(=O)CN(CC2CC2C)C1=O. The number of hydrogen-bond donors (Lipinski definition) is 1. The summed E-state index contributed by atoms with van der Waals surface area (Å²) in [7, 11) is 0. The summed E-state index contributed by atoms with van der Waals surface area (Å²) in [6.07, 6.45) is 1.84. The van der Waals surface area contributed by atoms with Gasteiger partial charge in [-0.25, -0.2) is 0 Å². The second kappa shape index (κ2) is 3.75. The largest absolute Gasteiger partial charge is 0.340 e. The van der Waals surface area contributed by atoms with E-state index in [1.165, 1.54) is 6.42 Å². The molecule has 4 nitrogen and oxygen atoms in total. The predicted molar refractivity (Wildman–Crippen MR) is 60.7 cm³/mol. The van der Waals surface area contributed by atoms with Crippen molar-refractivity contribution in [2.75, 3.05) is 13.1 Å². The van der Waals surface area contributed by atoms with E-state index in [4.69, 9.17) is 0 Å². The summed E-state index contributed by atoms with van der Waals surface area (Å²) in [5.74, 6) is 1.37. The van der Waals surface area contributed by atoms with Crippen LogP contribution >= 0.6 is 0 Å². The molecule has 0 spiro atoms. The van der Waals surface area contributed by atoms with Crippen molar-refractivity contribution in [2.24, 2.45) is 11.8 Å². The van der Waals surface area contributed by atoms with Gasteiger partial charge >= 0.3 is 0 Å². The van der Waals surface area contributed by atoms with Gasteiger partial charge in [0.05, 0.1) is 6.54 Å². The number of carbonyl (C=O) groups is 2. The molecule has 16 heavy (non-hydrogen) atoms. The summed E-state index contributed by atoms with van der Waals surface area (Å²) in [4.78, 5) is 25.5. The number of nitrogens with zero attached hydrogens (tertiary/aromatic N) is 1. The summed E-state index contributed by atoms with van der Waals surface area (Å²) in [6.45, 7) is 6.93. The predicted octanol–water partition coefficient (Wildman–Crippen LogP) is 0.769. The highest BCUT2D eigenvalue weighted by atomic mass is 16.2. The van der Waals surface area contributed by atoms with Crippen molar-refractivity contribution in [1.29, 1.82) is 0 Å². The van der Waals surface area contributed by atoms with E-state index in [0.717, 1.165) is 6.54 Å². The van der Waals surface area contributed by atoms with Crippen LogP contribution in [0.2, 0.25) is 0 Å². The molecule has 0 bridgehead atoms. The van der Waals surface area contributed by atoms with Crippen molar-refractivity contribution in [1.82, 2.24) is 10.2 Å². The van der Waals surface area contributed by atoms with Gasteiger partial charge in [0.15, 0.2) is 0 Å². The number of piperazine rings is 1. The zero-order chi connectivity index (χ0) is 11.9. The van der Waals surface area contributed by atoms with Crippen LogP contribution in [0.1, 0.15) is 33.6 Å². The van der Waals surface area contributed by atoms with Crippen molar-refractivity contribution in [3.63, 3.8) is 0 Å². The summed E-state index contributed by atoms with van der Waals surface area (Å²) >= 11 is 0. The second-order valence-electron chi connectivity index (χ2n) is 5.39. The topological polar surface area (TPSA) is 49.4 Å². The average molecular weight is 224 g/mol. The Balaban J connectivity index is 2.06. The quantitative estimate of drug-likeness (QED) is 0.769. The summed E-state index contributed by atoms with van der Waals surface area (Å²) in [5.41, 5.74) is -0.687. The van der Waals surface area contributed by atoms with Crippen LogP contribution in [0.4, 0.5) is 0 Å². The molecule has 0 aromatic heterocycles. The molecule has 2 rings (SSSR count). The van der Waals surface area contributed by atoms with E-state index >= 15 is 0 Å². The zero-order valence-corrected chi connectivity index (χ0v) is 10.2. The number of carbonyl (C=O) groups excluding carboxylic acids is 2. The fourth-order valence-electron chi connectivity index (χ4n) is 2.32. The van der Waals surface area contributed by atoms with E-state index in [1.807, 2.05) is 13.8 Å². The van der Waals surface area contributed by atoms with Gasteiger partial charge in [0.1, 0.15) is 5.54 Å². The number of nitrogens with one attached hydrogen (secondary N) is 1. The maximum absolute atomic E-state index is 12.2. The summed E-state index contributed by atoms with van der Waals surface area (Å²) in [5, 5.41) is 2.80. The first kappa shape index (κ1) is 11.4. The minimum Gasteiger partial charge on any atom is -0.340 e. The van der Waals surface area contributed by atoms with Gasteiger partial charge in [0, 0.05) is 6.54 Å². The van der Waals surface area contributed by atoms with Crippen molar-refractivity contribution in [2.45, 2.75) is 39.2 Å². The molecule has 1 aliphatic heterocycles. The third kappa shape index (κ3) is 1.93. The lowest BCUT2D eigenvalue weighted by molar-refractivity contribution is -0.149. The summed E-state index contributed by atoms with van der Waals surface area (Å²) in [6, 6.07) is 0. The molecule has 0 aromatic carbocycles. The Morgan fingerprint density at radius 1 is 1.50 bits per heavy atom. The fourth-order valence-corrected chi connectivity index (χ4v) is 2.32. The van der Waals surface area contributed by atoms with E-state index in [-0.39, 0.29) is 18.4 Å². The monoisotopic (exact) mass is 224 g/mol. The molecule has 3 unspecified atom stereocenters. The van der Waals surface area contributed by atoms with Crippen molar-refractivity contribution >= 4 is 11.8 Å².